The summed E-state index contributed by atoms with van der Waals surface area (Å²) in [6.07, 6.45) is 1.58. The van der Waals surface area contributed by atoms with Gasteiger partial charge in [-0.1, -0.05) is 17.6 Å². The zero-order chi connectivity index (χ0) is 15.7. The predicted molar refractivity (Wildman–Crippen MR) is 86.3 cm³/mol. The molecule has 1 aromatic rings. The van der Waals surface area contributed by atoms with Gasteiger partial charge >= 0.3 is 7.48 Å². The largest absolute Gasteiger partial charge is 0.427 e. The fourth-order valence-electron chi connectivity index (χ4n) is 2.13. The Morgan fingerprint density at radius 3 is 2.29 bits per heavy atom. The van der Waals surface area contributed by atoms with E-state index >= 15 is 0 Å². The van der Waals surface area contributed by atoms with Crippen LogP contribution in [0.4, 0.5) is 5.69 Å². The molecule has 114 valence electrons. The predicted octanol–water partition coefficient (Wildman–Crippen LogP) is 1.36. The molecule has 4 nitrogen and oxygen atoms in total. The van der Waals surface area contributed by atoms with Crippen molar-refractivity contribution in [3.63, 3.8) is 0 Å². The Morgan fingerprint density at radius 2 is 1.81 bits per heavy atom. The van der Waals surface area contributed by atoms with Gasteiger partial charge in [0.2, 0.25) is 5.91 Å². The van der Waals surface area contributed by atoms with E-state index in [0.29, 0.717) is 13.9 Å². The van der Waals surface area contributed by atoms with Crippen molar-refractivity contribution < 1.29 is 14.6 Å². The SMILES string of the molecule is CC(C)(O)C(C)(C)OBc1ccc(N2CCCC2=O)cc1. The summed E-state index contributed by atoms with van der Waals surface area (Å²) < 4.78 is 5.84. The molecule has 1 saturated heterocycles. The first kappa shape index (κ1) is 16.1. The second-order valence-corrected chi connectivity index (χ2v) is 6.67. The summed E-state index contributed by atoms with van der Waals surface area (Å²) in [5, 5.41) is 10.1. The van der Waals surface area contributed by atoms with Crippen LogP contribution in [0.3, 0.4) is 0 Å². The van der Waals surface area contributed by atoms with Gasteiger partial charge in [-0.3, -0.25) is 4.79 Å². The molecular formula is C16H24BNO3. The molecule has 5 heteroatoms. The van der Waals surface area contributed by atoms with Crippen LogP contribution in [-0.2, 0) is 9.45 Å². The molecule has 0 radical (unpaired) electrons. The molecule has 0 atom stereocenters. The van der Waals surface area contributed by atoms with Crippen LogP contribution < -0.4 is 10.4 Å². The van der Waals surface area contributed by atoms with Gasteiger partial charge in [0.25, 0.3) is 0 Å². The quantitative estimate of drug-likeness (QED) is 0.833. The first-order valence-electron chi connectivity index (χ1n) is 7.46. The second kappa shape index (κ2) is 5.81. The third kappa shape index (κ3) is 3.66. The molecule has 0 saturated carbocycles. The summed E-state index contributed by atoms with van der Waals surface area (Å²) in [6, 6.07) is 7.86. The van der Waals surface area contributed by atoms with Crippen molar-refractivity contribution in [2.24, 2.45) is 0 Å². The molecule has 0 unspecified atom stereocenters. The lowest BCUT2D eigenvalue weighted by Gasteiger charge is -2.37. The summed E-state index contributed by atoms with van der Waals surface area (Å²) in [6.45, 7) is 8.05. The maximum atomic E-state index is 11.7. The fourth-order valence-corrected chi connectivity index (χ4v) is 2.13. The molecule has 1 fully saturated rings. The van der Waals surface area contributed by atoms with Crippen molar-refractivity contribution in [1.82, 2.24) is 0 Å². The van der Waals surface area contributed by atoms with Crippen LogP contribution in [0.1, 0.15) is 40.5 Å². The first-order valence-corrected chi connectivity index (χ1v) is 7.46. The van der Waals surface area contributed by atoms with E-state index in [2.05, 4.69) is 0 Å². The number of nitrogens with zero attached hydrogens (tertiary/aromatic N) is 1. The topological polar surface area (TPSA) is 49.8 Å². The number of aliphatic hydroxyl groups is 1. The summed E-state index contributed by atoms with van der Waals surface area (Å²) in [5.41, 5.74) is 0.441. The van der Waals surface area contributed by atoms with Crippen LogP contribution in [-0.4, -0.2) is 36.2 Å². The van der Waals surface area contributed by atoms with Gasteiger partial charge < -0.3 is 14.7 Å². The van der Waals surface area contributed by atoms with Gasteiger partial charge in [-0.05, 0) is 46.2 Å². The molecule has 1 aliphatic rings. The van der Waals surface area contributed by atoms with Crippen LogP contribution in [0.2, 0.25) is 0 Å². The lowest BCUT2D eigenvalue weighted by atomic mass is 9.82. The van der Waals surface area contributed by atoms with Crippen molar-refractivity contribution >= 4 is 24.5 Å². The third-order valence-electron chi connectivity index (χ3n) is 4.39. The van der Waals surface area contributed by atoms with E-state index in [1.807, 2.05) is 43.0 Å². The molecule has 0 spiro atoms. The molecule has 1 amide bonds. The van der Waals surface area contributed by atoms with E-state index in [0.717, 1.165) is 24.1 Å². The average Bonchev–Trinajstić information content (AvgIpc) is 2.82. The Kier molecular flexibility index (Phi) is 4.44. The van der Waals surface area contributed by atoms with Crippen LogP contribution in [0.25, 0.3) is 0 Å². The Labute approximate surface area is 127 Å². The minimum Gasteiger partial charge on any atom is -0.427 e. The van der Waals surface area contributed by atoms with E-state index in [9.17, 15) is 9.90 Å². The highest BCUT2D eigenvalue weighted by atomic mass is 16.5. The molecule has 0 aliphatic carbocycles. The highest BCUT2D eigenvalue weighted by Gasteiger charge is 2.35. The molecule has 21 heavy (non-hydrogen) atoms. The van der Waals surface area contributed by atoms with E-state index in [4.69, 9.17) is 4.65 Å². The van der Waals surface area contributed by atoms with Crippen molar-refractivity contribution in [2.45, 2.75) is 51.7 Å². The van der Waals surface area contributed by atoms with Gasteiger partial charge in [-0.15, -0.1) is 0 Å². The summed E-state index contributed by atoms with van der Waals surface area (Å²) >= 11 is 0. The Balaban J connectivity index is 1.99. The van der Waals surface area contributed by atoms with E-state index in [-0.39, 0.29) is 5.91 Å². The molecule has 0 bridgehead atoms. The molecule has 1 N–H and O–H groups in total. The van der Waals surface area contributed by atoms with Gasteiger partial charge in [-0.25, -0.2) is 0 Å². The van der Waals surface area contributed by atoms with E-state index in [1.165, 1.54) is 0 Å². The molecule has 1 aliphatic heterocycles. The van der Waals surface area contributed by atoms with Crippen molar-refractivity contribution in [1.29, 1.82) is 0 Å². The number of anilines is 1. The van der Waals surface area contributed by atoms with Crippen LogP contribution in [0.15, 0.2) is 24.3 Å². The number of rotatable bonds is 5. The highest BCUT2D eigenvalue weighted by molar-refractivity contribution is 6.47. The zero-order valence-electron chi connectivity index (χ0n) is 13.3. The van der Waals surface area contributed by atoms with E-state index in [1.54, 1.807) is 13.8 Å². The van der Waals surface area contributed by atoms with Crippen molar-refractivity contribution in [3.8, 4) is 0 Å². The zero-order valence-corrected chi connectivity index (χ0v) is 13.3. The minimum absolute atomic E-state index is 0.196. The monoisotopic (exact) mass is 289 g/mol. The van der Waals surface area contributed by atoms with Gasteiger partial charge in [0.05, 0.1) is 11.2 Å². The van der Waals surface area contributed by atoms with E-state index < -0.39 is 11.2 Å². The second-order valence-electron chi connectivity index (χ2n) is 6.67. The number of benzene rings is 1. The summed E-state index contributed by atoms with van der Waals surface area (Å²) in [7, 11) is 0.436. The maximum absolute atomic E-state index is 11.7. The highest BCUT2D eigenvalue weighted by Crippen LogP contribution is 2.24. The Morgan fingerprint density at radius 1 is 1.19 bits per heavy atom. The minimum atomic E-state index is -0.908. The van der Waals surface area contributed by atoms with Crippen molar-refractivity contribution in [2.75, 3.05) is 11.4 Å². The molecule has 2 rings (SSSR count). The summed E-state index contributed by atoms with van der Waals surface area (Å²) in [5.74, 6) is 0.196. The Bertz CT molecular complexity index is 505. The smallest absolute Gasteiger partial charge is 0.309 e. The standard InChI is InChI=1S/C16H24BNO3/c1-15(2,20)16(3,4)21-17-12-7-9-13(10-8-12)18-11-5-6-14(18)19/h7-10,17,20H,5-6,11H2,1-4H3. The number of carbonyl (C=O) groups is 1. The van der Waals surface area contributed by atoms with Crippen LogP contribution in [0.5, 0.6) is 0 Å². The molecule has 1 heterocycles. The number of carbonyl (C=O) groups excluding carboxylic acids is 1. The molecule has 0 aromatic heterocycles. The number of amides is 1. The Hall–Kier alpha value is -1.33. The normalized spacial score (nSPS) is 16.4. The van der Waals surface area contributed by atoms with Gasteiger partial charge in [0.1, 0.15) is 0 Å². The number of hydrogen-bond acceptors (Lipinski definition) is 3. The lowest BCUT2D eigenvalue weighted by molar-refractivity contribution is -0.117. The van der Waals surface area contributed by atoms with Gasteiger partial charge in [0, 0.05) is 18.7 Å². The molecule has 1 aromatic carbocycles. The lowest BCUT2D eigenvalue weighted by Crippen LogP contribution is -2.49. The number of hydrogen-bond donors (Lipinski definition) is 1. The fraction of sp³-hybridized carbons (Fsp3) is 0.562. The first-order chi connectivity index (χ1) is 9.71. The van der Waals surface area contributed by atoms with Crippen LogP contribution in [0, 0.1) is 0 Å². The van der Waals surface area contributed by atoms with Crippen LogP contribution >= 0.6 is 0 Å². The summed E-state index contributed by atoms with van der Waals surface area (Å²) in [4.78, 5) is 13.5. The average molecular weight is 289 g/mol. The van der Waals surface area contributed by atoms with Gasteiger partial charge in [0.15, 0.2) is 0 Å². The molecular weight excluding hydrogens is 265 g/mol. The van der Waals surface area contributed by atoms with Crippen molar-refractivity contribution in [3.05, 3.63) is 24.3 Å². The maximum Gasteiger partial charge on any atom is 0.309 e. The van der Waals surface area contributed by atoms with Gasteiger partial charge in [-0.2, -0.15) is 0 Å². The third-order valence-corrected chi connectivity index (χ3v) is 4.39.